The summed E-state index contributed by atoms with van der Waals surface area (Å²) in [6.07, 6.45) is 0. The molecule has 0 bridgehead atoms. The fourth-order valence-corrected chi connectivity index (χ4v) is 2.23. The van der Waals surface area contributed by atoms with Crippen molar-refractivity contribution in [3.05, 3.63) is 29.3 Å². The lowest BCUT2D eigenvalue weighted by Gasteiger charge is -2.26. The third kappa shape index (κ3) is 4.20. The number of nitriles is 1. The Labute approximate surface area is 120 Å². The Kier molecular flexibility index (Phi) is 5.81. The van der Waals surface area contributed by atoms with Crippen LogP contribution in [0.5, 0.6) is 5.75 Å². The largest absolute Gasteiger partial charge is 0.495 e. The Hall–Kier alpha value is -1.61. The van der Waals surface area contributed by atoms with Gasteiger partial charge in [0.05, 0.1) is 25.9 Å². The second-order valence-corrected chi connectivity index (χ2v) is 4.78. The number of methoxy groups -OCH3 is 1. The molecule has 0 saturated carbocycles. The number of nitrogens with zero attached hydrogens (tertiary/aromatic N) is 2. The van der Waals surface area contributed by atoms with Crippen molar-refractivity contribution < 1.29 is 9.47 Å². The van der Waals surface area contributed by atoms with Crippen molar-refractivity contribution >= 4 is 0 Å². The van der Waals surface area contributed by atoms with Gasteiger partial charge in [-0.1, -0.05) is 6.07 Å². The summed E-state index contributed by atoms with van der Waals surface area (Å²) < 4.78 is 10.5. The molecule has 2 rings (SSSR count). The van der Waals surface area contributed by atoms with Gasteiger partial charge in [-0.3, -0.25) is 4.90 Å². The van der Waals surface area contributed by atoms with Crippen molar-refractivity contribution in [2.45, 2.75) is 6.54 Å². The molecule has 0 radical (unpaired) electrons. The maximum Gasteiger partial charge on any atom is 0.136 e. The highest BCUT2D eigenvalue weighted by molar-refractivity contribution is 5.45. The van der Waals surface area contributed by atoms with Crippen LogP contribution in [0.25, 0.3) is 0 Å². The molecule has 20 heavy (non-hydrogen) atoms. The van der Waals surface area contributed by atoms with E-state index < -0.39 is 0 Å². The summed E-state index contributed by atoms with van der Waals surface area (Å²) in [5, 5.41) is 12.4. The topological polar surface area (TPSA) is 57.5 Å². The van der Waals surface area contributed by atoms with Gasteiger partial charge >= 0.3 is 0 Å². The number of hydrogen-bond donors (Lipinski definition) is 1. The smallest absolute Gasteiger partial charge is 0.136 e. The lowest BCUT2D eigenvalue weighted by atomic mass is 10.1. The summed E-state index contributed by atoms with van der Waals surface area (Å²) in [4.78, 5) is 2.40. The van der Waals surface area contributed by atoms with Crippen LogP contribution in [-0.4, -0.2) is 51.4 Å². The number of ether oxygens (including phenoxy) is 2. The summed E-state index contributed by atoms with van der Waals surface area (Å²) >= 11 is 0. The average molecular weight is 275 g/mol. The normalized spacial score (nSPS) is 15.8. The van der Waals surface area contributed by atoms with E-state index >= 15 is 0 Å². The predicted octanol–water partition coefficient (Wildman–Crippen LogP) is 0.989. The van der Waals surface area contributed by atoms with E-state index in [9.17, 15) is 0 Å². The predicted molar refractivity (Wildman–Crippen MR) is 76.7 cm³/mol. The summed E-state index contributed by atoms with van der Waals surface area (Å²) in [6, 6.07) is 7.80. The van der Waals surface area contributed by atoms with E-state index in [-0.39, 0.29) is 0 Å². The minimum absolute atomic E-state index is 0.574. The summed E-state index contributed by atoms with van der Waals surface area (Å²) in [7, 11) is 1.59. The number of rotatable bonds is 6. The zero-order valence-electron chi connectivity index (χ0n) is 11.9. The van der Waals surface area contributed by atoms with Crippen molar-refractivity contribution in [3.8, 4) is 11.8 Å². The lowest BCUT2D eigenvalue weighted by Crippen LogP contribution is -2.40. The molecule has 0 aliphatic carbocycles. The molecule has 1 aromatic rings. The fourth-order valence-electron chi connectivity index (χ4n) is 2.23. The molecule has 1 heterocycles. The second kappa shape index (κ2) is 7.85. The van der Waals surface area contributed by atoms with Crippen LogP contribution in [0, 0.1) is 11.3 Å². The van der Waals surface area contributed by atoms with Crippen molar-refractivity contribution in [1.29, 1.82) is 5.26 Å². The van der Waals surface area contributed by atoms with Gasteiger partial charge in [-0.2, -0.15) is 5.26 Å². The van der Waals surface area contributed by atoms with E-state index in [1.54, 1.807) is 13.2 Å². The summed E-state index contributed by atoms with van der Waals surface area (Å²) in [5.74, 6) is 0.639. The molecule has 1 aliphatic heterocycles. The third-order valence-corrected chi connectivity index (χ3v) is 3.42. The number of hydrogen-bond acceptors (Lipinski definition) is 5. The molecule has 1 N–H and O–H groups in total. The zero-order chi connectivity index (χ0) is 14.2. The molecule has 1 saturated heterocycles. The number of benzene rings is 1. The van der Waals surface area contributed by atoms with Gasteiger partial charge in [0.15, 0.2) is 0 Å². The quantitative estimate of drug-likeness (QED) is 0.785. The first-order valence-electron chi connectivity index (χ1n) is 6.91. The van der Waals surface area contributed by atoms with E-state index in [0.717, 1.165) is 51.5 Å². The molecule has 0 spiro atoms. The van der Waals surface area contributed by atoms with Gasteiger partial charge in [-0.15, -0.1) is 0 Å². The van der Waals surface area contributed by atoms with Crippen LogP contribution in [0.15, 0.2) is 18.2 Å². The Morgan fingerprint density at radius 3 is 2.90 bits per heavy atom. The molecular formula is C15H21N3O2. The van der Waals surface area contributed by atoms with Crippen LogP contribution in [-0.2, 0) is 11.3 Å². The van der Waals surface area contributed by atoms with Crippen molar-refractivity contribution in [2.24, 2.45) is 0 Å². The Balaban J connectivity index is 1.75. The van der Waals surface area contributed by atoms with Gasteiger partial charge in [-0.05, 0) is 17.7 Å². The lowest BCUT2D eigenvalue weighted by molar-refractivity contribution is 0.0384. The van der Waals surface area contributed by atoms with E-state index in [4.69, 9.17) is 14.7 Å². The summed E-state index contributed by atoms with van der Waals surface area (Å²) in [5.41, 5.74) is 1.70. The van der Waals surface area contributed by atoms with Gasteiger partial charge in [0.25, 0.3) is 0 Å². The first kappa shape index (κ1) is 14.8. The number of morpholine rings is 1. The molecular weight excluding hydrogens is 254 g/mol. The van der Waals surface area contributed by atoms with Crippen LogP contribution in [0.2, 0.25) is 0 Å². The zero-order valence-corrected chi connectivity index (χ0v) is 11.9. The monoisotopic (exact) mass is 275 g/mol. The van der Waals surface area contributed by atoms with Crippen molar-refractivity contribution in [1.82, 2.24) is 10.2 Å². The molecule has 1 aliphatic rings. The molecule has 0 aromatic heterocycles. The number of nitrogens with one attached hydrogen (secondary N) is 1. The van der Waals surface area contributed by atoms with Gasteiger partial charge in [-0.25, -0.2) is 0 Å². The van der Waals surface area contributed by atoms with E-state index in [1.807, 2.05) is 12.1 Å². The molecule has 108 valence electrons. The SMILES string of the molecule is COc1cc(CNCCN2CCOCC2)ccc1C#N. The van der Waals surface area contributed by atoms with Crippen LogP contribution >= 0.6 is 0 Å². The highest BCUT2D eigenvalue weighted by Crippen LogP contribution is 2.18. The molecule has 0 unspecified atom stereocenters. The molecule has 1 aromatic carbocycles. The van der Waals surface area contributed by atoms with Gasteiger partial charge in [0.1, 0.15) is 11.8 Å². The molecule has 5 nitrogen and oxygen atoms in total. The fraction of sp³-hybridized carbons (Fsp3) is 0.533. The van der Waals surface area contributed by atoms with Crippen LogP contribution in [0.1, 0.15) is 11.1 Å². The third-order valence-electron chi connectivity index (χ3n) is 3.42. The van der Waals surface area contributed by atoms with Gasteiger partial charge < -0.3 is 14.8 Å². The highest BCUT2D eigenvalue weighted by Gasteiger charge is 2.09. The van der Waals surface area contributed by atoms with Crippen molar-refractivity contribution in [3.63, 3.8) is 0 Å². The molecule has 5 heteroatoms. The minimum Gasteiger partial charge on any atom is -0.495 e. The van der Waals surface area contributed by atoms with Crippen molar-refractivity contribution in [2.75, 3.05) is 46.5 Å². The van der Waals surface area contributed by atoms with Gasteiger partial charge in [0.2, 0.25) is 0 Å². The van der Waals surface area contributed by atoms with E-state index in [1.165, 1.54) is 0 Å². The first-order valence-corrected chi connectivity index (χ1v) is 6.91. The molecule has 0 amide bonds. The maximum atomic E-state index is 8.94. The Morgan fingerprint density at radius 2 is 2.20 bits per heavy atom. The van der Waals surface area contributed by atoms with Crippen LogP contribution in [0.4, 0.5) is 0 Å². The van der Waals surface area contributed by atoms with E-state index in [0.29, 0.717) is 11.3 Å². The summed E-state index contributed by atoms with van der Waals surface area (Å²) in [6.45, 7) is 6.49. The van der Waals surface area contributed by atoms with E-state index in [2.05, 4.69) is 16.3 Å². The Bertz CT molecular complexity index is 465. The minimum atomic E-state index is 0.574. The van der Waals surface area contributed by atoms with Crippen LogP contribution < -0.4 is 10.1 Å². The second-order valence-electron chi connectivity index (χ2n) is 4.78. The Morgan fingerprint density at radius 1 is 1.40 bits per heavy atom. The first-order chi connectivity index (χ1) is 9.83. The molecule has 1 fully saturated rings. The highest BCUT2D eigenvalue weighted by atomic mass is 16.5. The average Bonchev–Trinajstić information content (AvgIpc) is 2.52. The van der Waals surface area contributed by atoms with Gasteiger partial charge in [0, 0.05) is 32.7 Å². The van der Waals surface area contributed by atoms with Crippen LogP contribution in [0.3, 0.4) is 0 Å². The molecule has 0 atom stereocenters. The maximum absolute atomic E-state index is 8.94. The standard InChI is InChI=1S/C15H21N3O2/c1-19-15-10-13(2-3-14(15)11-16)12-17-4-5-18-6-8-20-9-7-18/h2-3,10,17H,4-9,12H2,1H3.